The number of nitro benzene ring substituents is 1. The lowest BCUT2D eigenvalue weighted by Crippen LogP contribution is -2.16. The number of nitro groups is 1. The van der Waals surface area contributed by atoms with Gasteiger partial charge in [-0.25, -0.2) is 4.79 Å². The summed E-state index contributed by atoms with van der Waals surface area (Å²) in [6.45, 7) is -0.777. The number of amides is 1. The lowest BCUT2D eigenvalue weighted by molar-refractivity contribution is -0.385. The van der Waals surface area contributed by atoms with Gasteiger partial charge >= 0.3 is 5.97 Å². The largest absolute Gasteiger partial charge is 0.493 e. The highest BCUT2D eigenvalue weighted by Crippen LogP contribution is 2.36. The van der Waals surface area contributed by atoms with Crippen LogP contribution in [0.25, 0.3) is 0 Å². The number of carbonyl (C=O) groups is 2. The monoisotopic (exact) mass is 527 g/mol. The van der Waals surface area contributed by atoms with Crippen LogP contribution in [0.15, 0.2) is 54.6 Å². The van der Waals surface area contributed by atoms with Gasteiger partial charge in [0.05, 0.1) is 23.7 Å². The number of nitrogens with two attached hydrogens (primary N) is 1. The number of nitrogens with one attached hydrogen (secondary N) is 3. The number of hydrogen-bond donors (Lipinski definition) is 5. The fourth-order valence-electron chi connectivity index (χ4n) is 3.31. The molecule has 0 saturated carbocycles. The molecule has 0 aromatic heterocycles. The first kappa shape index (κ1) is 26.8. The molecular formula is C24H22ClN5O7. The Balaban J connectivity index is 1.90. The Morgan fingerprint density at radius 3 is 2.46 bits per heavy atom. The minimum absolute atomic E-state index is 0.00789. The summed E-state index contributed by atoms with van der Waals surface area (Å²) in [6.07, 6.45) is 0. The predicted octanol–water partition coefficient (Wildman–Crippen LogP) is 3.87. The van der Waals surface area contributed by atoms with Crippen molar-refractivity contribution in [3.05, 3.63) is 86.4 Å². The van der Waals surface area contributed by atoms with E-state index in [4.69, 9.17) is 37.3 Å². The zero-order valence-corrected chi connectivity index (χ0v) is 20.2. The second kappa shape index (κ2) is 11.7. The van der Waals surface area contributed by atoms with Crippen molar-refractivity contribution < 1.29 is 29.1 Å². The summed E-state index contributed by atoms with van der Waals surface area (Å²) in [7, 11) is 1.27. The van der Waals surface area contributed by atoms with Gasteiger partial charge in [0, 0.05) is 40.1 Å². The fourth-order valence-corrected chi connectivity index (χ4v) is 3.48. The van der Waals surface area contributed by atoms with E-state index in [1.165, 1.54) is 19.2 Å². The molecule has 0 radical (unpaired) electrons. The summed E-state index contributed by atoms with van der Waals surface area (Å²) in [5.74, 6) is -1.86. The molecular weight excluding hydrogens is 506 g/mol. The second-order valence-electron chi connectivity index (χ2n) is 7.56. The highest BCUT2D eigenvalue weighted by atomic mass is 35.5. The average molecular weight is 528 g/mol. The maximum Gasteiger partial charge on any atom is 0.341 e. The van der Waals surface area contributed by atoms with Gasteiger partial charge in [0.25, 0.3) is 11.6 Å². The van der Waals surface area contributed by atoms with Crippen molar-refractivity contribution in [2.24, 2.45) is 5.73 Å². The number of methoxy groups -OCH3 is 1. The molecule has 37 heavy (non-hydrogen) atoms. The lowest BCUT2D eigenvalue weighted by Gasteiger charge is -2.17. The molecule has 12 nitrogen and oxygen atoms in total. The quantitative estimate of drug-likeness (QED) is 0.107. The number of non-ortho nitro benzene ring substituents is 1. The van der Waals surface area contributed by atoms with Crippen molar-refractivity contribution in [3.63, 3.8) is 0 Å². The maximum absolute atomic E-state index is 13.0. The van der Waals surface area contributed by atoms with Gasteiger partial charge in [0.15, 0.2) is 18.1 Å². The van der Waals surface area contributed by atoms with Crippen LogP contribution >= 0.6 is 11.6 Å². The number of halogens is 1. The van der Waals surface area contributed by atoms with Crippen LogP contribution in [0.1, 0.15) is 21.5 Å². The molecule has 0 spiro atoms. The fraction of sp³-hybridized carbons (Fsp3) is 0.125. The summed E-state index contributed by atoms with van der Waals surface area (Å²) >= 11 is 6.12. The number of aliphatic carboxylic acids is 1. The standard InChI is InChI=1S/C24H22ClN5O7/c1-36-20-10-17(30(34)35)8-14(22(20)37-12-21(31)32)11-28-19-7-4-15(25)9-18(19)24(33)29-16-5-2-13(3-6-16)23(26)27/h2-10,28H,11-12H2,1H3,(H3,26,27)(H,29,33)(H,31,32). The molecule has 13 heteroatoms. The highest BCUT2D eigenvalue weighted by Gasteiger charge is 2.20. The molecule has 3 rings (SSSR count). The van der Waals surface area contributed by atoms with E-state index in [0.29, 0.717) is 22.0 Å². The van der Waals surface area contributed by atoms with Crippen LogP contribution in [0.4, 0.5) is 17.1 Å². The Hall–Kier alpha value is -4.84. The number of carboxylic acids is 1. The molecule has 6 N–H and O–H groups in total. The molecule has 0 bridgehead atoms. The van der Waals surface area contributed by atoms with Crippen molar-refractivity contribution >= 4 is 46.4 Å². The highest BCUT2D eigenvalue weighted by molar-refractivity contribution is 6.31. The second-order valence-corrected chi connectivity index (χ2v) is 8.00. The summed E-state index contributed by atoms with van der Waals surface area (Å²) in [5.41, 5.74) is 6.86. The molecule has 0 atom stereocenters. The Morgan fingerprint density at radius 1 is 1.16 bits per heavy atom. The van der Waals surface area contributed by atoms with Crippen molar-refractivity contribution in [2.75, 3.05) is 24.4 Å². The third kappa shape index (κ3) is 6.86. The molecule has 0 fully saturated rings. The molecule has 0 saturated heterocycles. The van der Waals surface area contributed by atoms with E-state index in [0.717, 1.165) is 6.07 Å². The van der Waals surface area contributed by atoms with E-state index in [-0.39, 0.29) is 40.7 Å². The molecule has 3 aromatic carbocycles. The van der Waals surface area contributed by atoms with Crippen molar-refractivity contribution in [3.8, 4) is 11.5 Å². The summed E-state index contributed by atoms with van der Waals surface area (Å²) in [4.78, 5) is 34.8. The summed E-state index contributed by atoms with van der Waals surface area (Å²) < 4.78 is 10.5. The van der Waals surface area contributed by atoms with Gasteiger partial charge < -0.3 is 30.9 Å². The molecule has 0 unspecified atom stereocenters. The molecule has 0 aliphatic carbocycles. The van der Waals surface area contributed by atoms with Crippen molar-refractivity contribution in [1.82, 2.24) is 0 Å². The number of rotatable bonds is 11. The van der Waals surface area contributed by atoms with Crippen LogP contribution in [-0.2, 0) is 11.3 Å². The van der Waals surface area contributed by atoms with Gasteiger partial charge in [-0.1, -0.05) is 11.6 Å². The Labute approximate surface area is 215 Å². The maximum atomic E-state index is 13.0. The Kier molecular flexibility index (Phi) is 8.48. The van der Waals surface area contributed by atoms with E-state index < -0.39 is 23.4 Å². The van der Waals surface area contributed by atoms with E-state index in [1.54, 1.807) is 36.4 Å². The van der Waals surface area contributed by atoms with Gasteiger partial charge in [-0.05, 0) is 42.5 Å². The Bertz CT molecular complexity index is 1360. The topological polar surface area (TPSA) is 190 Å². The summed E-state index contributed by atoms with van der Waals surface area (Å²) in [5, 5.41) is 33.9. The number of benzene rings is 3. The first-order chi connectivity index (χ1) is 17.6. The number of anilines is 2. The third-order valence-corrected chi connectivity index (χ3v) is 5.27. The lowest BCUT2D eigenvalue weighted by atomic mass is 10.1. The zero-order chi connectivity index (χ0) is 27.1. The minimum Gasteiger partial charge on any atom is -0.493 e. The third-order valence-electron chi connectivity index (χ3n) is 5.04. The smallest absolute Gasteiger partial charge is 0.341 e. The van der Waals surface area contributed by atoms with Crippen LogP contribution in [0, 0.1) is 15.5 Å². The summed E-state index contributed by atoms with van der Waals surface area (Å²) in [6, 6.07) is 13.3. The van der Waals surface area contributed by atoms with Gasteiger partial charge in [-0.3, -0.25) is 20.3 Å². The van der Waals surface area contributed by atoms with Gasteiger partial charge in [-0.15, -0.1) is 0 Å². The first-order valence-electron chi connectivity index (χ1n) is 10.6. The van der Waals surface area contributed by atoms with Gasteiger partial charge in [0.2, 0.25) is 0 Å². The number of carbonyl (C=O) groups excluding carboxylic acids is 1. The minimum atomic E-state index is -1.24. The van der Waals surface area contributed by atoms with Crippen LogP contribution in [0.3, 0.4) is 0 Å². The van der Waals surface area contributed by atoms with Gasteiger partial charge in [-0.2, -0.15) is 0 Å². The molecule has 0 aliphatic heterocycles. The van der Waals surface area contributed by atoms with E-state index in [2.05, 4.69) is 10.6 Å². The van der Waals surface area contributed by atoms with E-state index >= 15 is 0 Å². The van der Waals surface area contributed by atoms with Crippen molar-refractivity contribution in [2.45, 2.75) is 6.54 Å². The number of carboxylic acid groups (broad SMARTS) is 1. The number of ether oxygens (including phenoxy) is 2. The first-order valence-corrected chi connectivity index (χ1v) is 11.0. The normalized spacial score (nSPS) is 10.3. The van der Waals surface area contributed by atoms with Crippen LogP contribution in [-0.4, -0.2) is 41.5 Å². The van der Waals surface area contributed by atoms with E-state index in [1.807, 2.05) is 0 Å². The molecule has 3 aromatic rings. The van der Waals surface area contributed by atoms with Crippen LogP contribution in [0.2, 0.25) is 5.02 Å². The number of nitrogen functional groups attached to an aromatic ring is 1. The number of nitrogens with zero attached hydrogens (tertiary/aromatic N) is 1. The van der Waals surface area contributed by atoms with Crippen LogP contribution in [0.5, 0.6) is 11.5 Å². The van der Waals surface area contributed by atoms with E-state index in [9.17, 15) is 19.7 Å². The number of hydrogen-bond acceptors (Lipinski definition) is 8. The van der Waals surface area contributed by atoms with Gasteiger partial charge in [0.1, 0.15) is 5.84 Å². The molecule has 0 aliphatic rings. The zero-order valence-electron chi connectivity index (χ0n) is 19.4. The molecule has 1 amide bonds. The average Bonchev–Trinajstić information content (AvgIpc) is 2.86. The van der Waals surface area contributed by atoms with Crippen molar-refractivity contribution in [1.29, 1.82) is 5.41 Å². The molecule has 192 valence electrons. The number of amidine groups is 1. The van der Waals surface area contributed by atoms with Crippen LogP contribution < -0.4 is 25.8 Å². The predicted molar refractivity (Wildman–Crippen MR) is 137 cm³/mol. The Morgan fingerprint density at radius 2 is 1.86 bits per heavy atom. The SMILES string of the molecule is COc1cc([N+](=O)[O-])cc(CNc2ccc(Cl)cc2C(=O)Nc2ccc(C(=N)N)cc2)c1OCC(=O)O. The molecule has 0 heterocycles.